The first-order valence-electron chi connectivity index (χ1n) is 9.68. The van der Waals surface area contributed by atoms with Crippen LogP contribution >= 0.6 is 0 Å². The Labute approximate surface area is 182 Å². The second-order valence-corrected chi connectivity index (χ2v) is 7.02. The van der Waals surface area contributed by atoms with Crippen molar-refractivity contribution in [3.8, 4) is 28.7 Å². The molecule has 0 radical (unpaired) electrons. The predicted molar refractivity (Wildman–Crippen MR) is 117 cm³/mol. The Morgan fingerprint density at radius 1 is 0.688 bits per heavy atom. The van der Waals surface area contributed by atoms with Crippen molar-refractivity contribution in [2.75, 3.05) is 6.61 Å². The molecule has 0 saturated heterocycles. The molecule has 32 heavy (non-hydrogen) atoms. The molecule has 0 fully saturated rings. The molecule has 4 rings (SSSR count). The van der Waals surface area contributed by atoms with Crippen molar-refractivity contribution in [1.29, 1.82) is 0 Å². The second kappa shape index (κ2) is 8.99. The lowest BCUT2D eigenvalue weighted by atomic mass is 10.0. The van der Waals surface area contributed by atoms with Crippen molar-refractivity contribution < 1.29 is 22.3 Å². The molecule has 0 aromatic heterocycles. The van der Waals surface area contributed by atoms with Gasteiger partial charge in [-0.3, -0.25) is 0 Å². The van der Waals surface area contributed by atoms with Crippen LogP contribution in [0, 0.1) is 35.1 Å². The van der Waals surface area contributed by atoms with Crippen molar-refractivity contribution in [3.05, 3.63) is 114 Å². The number of halogens is 4. The molecule has 1 nitrogen and oxygen atoms in total. The van der Waals surface area contributed by atoms with Crippen LogP contribution in [0.3, 0.4) is 0 Å². The minimum atomic E-state index is -0.976. The Bertz CT molecular complexity index is 1360. The van der Waals surface area contributed by atoms with Gasteiger partial charge in [-0.2, -0.15) is 0 Å². The van der Waals surface area contributed by atoms with E-state index < -0.39 is 23.3 Å². The van der Waals surface area contributed by atoms with Crippen LogP contribution in [0.4, 0.5) is 17.6 Å². The molecule has 0 aliphatic heterocycles. The molecule has 4 aromatic carbocycles. The molecule has 158 valence electrons. The molecule has 0 saturated carbocycles. The van der Waals surface area contributed by atoms with E-state index in [4.69, 9.17) is 4.74 Å². The minimum absolute atomic E-state index is 0.360. The zero-order valence-electron chi connectivity index (χ0n) is 16.8. The Kier molecular flexibility index (Phi) is 5.96. The Morgan fingerprint density at radius 3 is 2.00 bits per heavy atom. The summed E-state index contributed by atoms with van der Waals surface area (Å²) in [5, 5.41) is 0.935. The zero-order chi connectivity index (χ0) is 22.7. The fraction of sp³-hybridized carbons (Fsp3) is 0.0370. The van der Waals surface area contributed by atoms with Crippen LogP contribution in [0.25, 0.3) is 21.9 Å². The molecule has 0 aliphatic rings. The predicted octanol–water partition coefficient (Wildman–Crippen LogP) is 7.03. The minimum Gasteiger partial charge on any atom is -0.490 e. The highest BCUT2D eigenvalue weighted by Gasteiger charge is 2.11. The average molecular weight is 432 g/mol. The number of ether oxygens (including phenoxy) is 1. The molecular weight excluding hydrogens is 416 g/mol. The van der Waals surface area contributed by atoms with E-state index in [1.807, 2.05) is 0 Å². The standard InChI is InChI=1S/C27H16F4O/c1-2-11-32-22-8-6-18(7-9-22)21-14-24(28)23(25(29)15-21)10-4-17-3-5-19-13-26(30)27(31)16-20(19)12-17/h2-3,5-9,12-16H,1,11H2. The highest BCUT2D eigenvalue weighted by atomic mass is 19.2. The molecule has 4 aromatic rings. The maximum Gasteiger partial charge on any atom is 0.159 e. The summed E-state index contributed by atoms with van der Waals surface area (Å²) in [5.74, 6) is 2.29. The van der Waals surface area contributed by atoms with Gasteiger partial charge in [0.15, 0.2) is 11.6 Å². The molecule has 5 heteroatoms. The highest BCUT2D eigenvalue weighted by molar-refractivity contribution is 5.84. The number of hydrogen-bond donors (Lipinski definition) is 0. The van der Waals surface area contributed by atoms with Crippen LogP contribution in [0.1, 0.15) is 11.1 Å². The van der Waals surface area contributed by atoms with E-state index in [1.54, 1.807) is 42.5 Å². The van der Waals surface area contributed by atoms with E-state index in [9.17, 15) is 17.6 Å². The van der Waals surface area contributed by atoms with E-state index in [-0.39, 0.29) is 5.56 Å². The summed E-state index contributed by atoms with van der Waals surface area (Å²) in [7, 11) is 0. The summed E-state index contributed by atoms with van der Waals surface area (Å²) in [5.41, 5.74) is 1.03. The third-order valence-corrected chi connectivity index (χ3v) is 4.81. The fourth-order valence-electron chi connectivity index (χ4n) is 3.21. The monoisotopic (exact) mass is 432 g/mol. The van der Waals surface area contributed by atoms with Crippen LogP contribution in [0.2, 0.25) is 0 Å². The van der Waals surface area contributed by atoms with Crippen LogP contribution < -0.4 is 4.74 Å². The molecule has 0 amide bonds. The molecule has 0 aliphatic carbocycles. The highest BCUT2D eigenvalue weighted by Crippen LogP contribution is 2.26. The van der Waals surface area contributed by atoms with Gasteiger partial charge < -0.3 is 4.74 Å². The summed E-state index contributed by atoms with van der Waals surface area (Å²) in [6.07, 6.45) is 1.62. The second-order valence-electron chi connectivity index (χ2n) is 7.02. The van der Waals surface area contributed by atoms with Gasteiger partial charge in [0.2, 0.25) is 0 Å². The number of hydrogen-bond acceptors (Lipinski definition) is 1. The summed E-state index contributed by atoms with van der Waals surface area (Å²) >= 11 is 0. The van der Waals surface area contributed by atoms with E-state index in [0.717, 1.165) is 12.1 Å². The fourth-order valence-corrected chi connectivity index (χ4v) is 3.21. The van der Waals surface area contributed by atoms with E-state index >= 15 is 0 Å². The summed E-state index contributed by atoms with van der Waals surface area (Å²) < 4.78 is 61.5. The maximum atomic E-state index is 14.6. The summed E-state index contributed by atoms with van der Waals surface area (Å²) in [4.78, 5) is 0. The van der Waals surface area contributed by atoms with Crippen molar-refractivity contribution in [2.45, 2.75) is 0 Å². The number of fused-ring (bicyclic) bond motifs is 1. The van der Waals surface area contributed by atoms with Gasteiger partial charge in [0.1, 0.15) is 24.0 Å². The van der Waals surface area contributed by atoms with Gasteiger partial charge in [-0.1, -0.05) is 42.7 Å². The van der Waals surface area contributed by atoms with Gasteiger partial charge in [-0.15, -0.1) is 0 Å². The van der Waals surface area contributed by atoms with E-state index in [1.165, 1.54) is 18.2 Å². The first-order chi connectivity index (χ1) is 15.4. The zero-order valence-corrected chi connectivity index (χ0v) is 16.8. The summed E-state index contributed by atoms with van der Waals surface area (Å²) in [6, 6.07) is 16.1. The first-order valence-corrected chi connectivity index (χ1v) is 9.68. The lowest BCUT2D eigenvalue weighted by Gasteiger charge is -2.07. The Balaban J connectivity index is 1.62. The molecule has 0 unspecified atom stereocenters. The molecule has 0 bridgehead atoms. The van der Waals surface area contributed by atoms with Gasteiger partial charge in [-0.25, -0.2) is 17.6 Å². The molecule has 0 atom stereocenters. The Morgan fingerprint density at radius 2 is 1.34 bits per heavy atom. The molecule has 0 spiro atoms. The van der Waals surface area contributed by atoms with E-state index in [0.29, 0.717) is 39.8 Å². The maximum absolute atomic E-state index is 14.6. The van der Waals surface area contributed by atoms with Crippen molar-refractivity contribution >= 4 is 10.8 Å². The van der Waals surface area contributed by atoms with Gasteiger partial charge in [0.05, 0.1) is 5.56 Å². The smallest absolute Gasteiger partial charge is 0.159 e. The lowest BCUT2D eigenvalue weighted by Crippen LogP contribution is -1.94. The van der Waals surface area contributed by atoms with E-state index in [2.05, 4.69) is 18.4 Å². The van der Waals surface area contributed by atoms with Crippen molar-refractivity contribution in [3.63, 3.8) is 0 Å². The molecule has 0 heterocycles. The SMILES string of the molecule is C=CCOc1ccc(-c2cc(F)c(C#Cc3ccc4cc(F)c(F)cc4c3)c(F)c2)cc1. The number of rotatable bonds is 4. The lowest BCUT2D eigenvalue weighted by molar-refractivity contribution is 0.363. The van der Waals surface area contributed by atoms with Gasteiger partial charge in [0, 0.05) is 5.56 Å². The average Bonchev–Trinajstić information content (AvgIpc) is 2.78. The van der Waals surface area contributed by atoms with Crippen LogP contribution in [0.15, 0.2) is 79.4 Å². The third kappa shape index (κ3) is 4.50. The topological polar surface area (TPSA) is 9.23 Å². The summed E-state index contributed by atoms with van der Waals surface area (Å²) in [6.45, 7) is 3.93. The Hall–Kier alpha value is -4.04. The van der Waals surface area contributed by atoms with Crippen LogP contribution in [-0.2, 0) is 0 Å². The first kappa shape index (κ1) is 21.2. The van der Waals surface area contributed by atoms with Crippen LogP contribution in [0.5, 0.6) is 5.75 Å². The van der Waals surface area contributed by atoms with Crippen molar-refractivity contribution in [2.24, 2.45) is 0 Å². The van der Waals surface area contributed by atoms with Gasteiger partial charge >= 0.3 is 0 Å². The normalized spacial score (nSPS) is 10.5. The van der Waals surface area contributed by atoms with Gasteiger partial charge in [-0.05, 0) is 70.4 Å². The number of benzene rings is 4. The molecular formula is C27H16F4O. The molecule has 0 N–H and O–H groups in total. The van der Waals surface area contributed by atoms with Gasteiger partial charge in [0.25, 0.3) is 0 Å². The van der Waals surface area contributed by atoms with Crippen molar-refractivity contribution in [1.82, 2.24) is 0 Å². The third-order valence-electron chi connectivity index (χ3n) is 4.81. The largest absolute Gasteiger partial charge is 0.490 e. The van der Waals surface area contributed by atoms with Crippen LogP contribution in [-0.4, -0.2) is 6.61 Å². The quantitative estimate of drug-likeness (QED) is 0.191.